The monoisotopic (exact) mass is 318 g/mol. The molecule has 124 valence electrons. The van der Waals surface area contributed by atoms with Crippen LogP contribution in [0.3, 0.4) is 0 Å². The number of aromatic nitrogens is 3. The third kappa shape index (κ3) is 4.28. The van der Waals surface area contributed by atoms with Gasteiger partial charge in [-0.2, -0.15) is 4.98 Å². The molecule has 0 saturated heterocycles. The summed E-state index contributed by atoms with van der Waals surface area (Å²) in [4.78, 5) is 19.8. The average molecular weight is 318 g/mol. The van der Waals surface area contributed by atoms with Crippen LogP contribution in [0.25, 0.3) is 11.5 Å². The lowest BCUT2D eigenvalue weighted by Gasteiger charge is -2.20. The molecule has 1 N–H and O–H groups in total. The molecule has 0 aliphatic carbocycles. The van der Waals surface area contributed by atoms with Gasteiger partial charge in [-0.1, -0.05) is 12.1 Å². The summed E-state index contributed by atoms with van der Waals surface area (Å²) >= 11 is 0. The third-order valence-corrected chi connectivity index (χ3v) is 3.35. The van der Waals surface area contributed by atoms with Crippen molar-refractivity contribution in [2.75, 3.05) is 0 Å². The van der Waals surface area contributed by atoms with Crippen LogP contribution in [0.5, 0.6) is 5.88 Å². The number of rotatable bonds is 6. The quantitative estimate of drug-likeness (QED) is 0.880. The van der Waals surface area contributed by atoms with E-state index in [0.717, 1.165) is 12.0 Å². The maximum atomic E-state index is 11.3. The first-order valence-corrected chi connectivity index (χ1v) is 7.58. The summed E-state index contributed by atoms with van der Waals surface area (Å²) in [6, 6.07) is 3.53. The molecule has 0 spiro atoms. The lowest BCUT2D eigenvalue weighted by atomic mass is 10.1. The van der Waals surface area contributed by atoms with E-state index in [-0.39, 0.29) is 12.0 Å². The molecule has 0 radical (unpaired) electrons. The Hall–Kier alpha value is -2.44. The van der Waals surface area contributed by atoms with Crippen molar-refractivity contribution in [1.29, 1.82) is 0 Å². The van der Waals surface area contributed by atoms with Crippen LogP contribution in [0, 0.1) is 0 Å². The van der Waals surface area contributed by atoms with Gasteiger partial charge in [0.05, 0.1) is 11.6 Å². The van der Waals surface area contributed by atoms with Crippen molar-refractivity contribution in [2.45, 2.75) is 52.7 Å². The number of hydrogen-bond acceptors (Lipinski definition) is 6. The second-order valence-electron chi connectivity index (χ2n) is 5.95. The first-order valence-electron chi connectivity index (χ1n) is 7.58. The lowest BCUT2D eigenvalue weighted by molar-refractivity contribution is -0.120. The molecule has 2 aromatic rings. The van der Waals surface area contributed by atoms with Crippen molar-refractivity contribution in [3.05, 3.63) is 24.2 Å². The van der Waals surface area contributed by atoms with Gasteiger partial charge in [-0.3, -0.25) is 4.79 Å². The number of ether oxygens (including phenoxy) is 1. The molecule has 1 unspecified atom stereocenters. The van der Waals surface area contributed by atoms with Gasteiger partial charge in [-0.05, 0) is 33.3 Å². The Kier molecular flexibility index (Phi) is 4.98. The zero-order valence-electron chi connectivity index (χ0n) is 14.1. The lowest BCUT2D eigenvalue weighted by Crippen LogP contribution is -2.40. The van der Waals surface area contributed by atoms with Crippen LogP contribution in [0.15, 0.2) is 22.9 Å². The van der Waals surface area contributed by atoms with E-state index in [0.29, 0.717) is 17.6 Å². The number of nitrogens with one attached hydrogen (secondary N) is 1. The molecule has 2 heterocycles. The summed E-state index contributed by atoms with van der Waals surface area (Å²) in [5.41, 5.74) is 0.00658. The summed E-state index contributed by atoms with van der Waals surface area (Å²) in [5, 5.41) is 6.75. The molecule has 0 bridgehead atoms. The van der Waals surface area contributed by atoms with Gasteiger partial charge >= 0.3 is 0 Å². The fraction of sp³-hybridized carbons (Fsp3) is 0.500. The molecule has 7 heteroatoms. The molecule has 2 rings (SSSR count). The maximum Gasteiger partial charge on any atom is 0.258 e. The molecule has 0 aliphatic heterocycles. The molecular weight excluding hydrogens is 296 g/mol. The number of nitrogens with zero attached hydrogens (tertiary/aromatic N) is 3. The minimum absolute atomic E-state index is 0.0784. The third-order valence-electron chi connectivity index (χ3n) is 3.35. The Morgan fingerprint density at radius 2 is 2.22 bits per heavy atom. The normalized spacial score (nSPS) is 12.7. The molecule has 1 atom stereocenters. The fourth-order valence-corrected chi connectivity index (χ4v) is 1.99. The SMILES string of the molecule is CCC(C)Oc1cc(-c2nc(C(C)(C)NC(C)=O)no2)ccn1. The van der Waals surface area contributed by atoms with Gasteiger partial charge in [0.25, 0.3) is 5.89 Å². The van der Waals surface area contributed by atoms with Crippen molar-refractivity contribution in [2.24, 2.45) is 0 Å². The van der Waals surface area contributed by atoms with Crippen molar-refractivity contribution in [3.8, 4) is 17.3 Å². The van der Waals surface area contributed by atoms with Crippen LogP contribution in [-0.2, 0) is 10.3 Å². The van der Waals surface area contributed by atoms with Crippen LogP contribution in [0.1, 0.15) is 46.9 Å². The number of hydrogen-bond donors (Lipinski definition) is 1. The van der Waals surface area contributed by atoms with E-state index < -0.39 is 5.54 Å². The number of amides is 1. The molecular formula is C16H22N4O3. The van der Waals surface area contributed by atoms with E-state index in [1.807, 2.05) is 27.7 Å². The summed E-state index contributed by atoms with van der Waals surface area (Å²) in [5.74, 6) is 1.12. The van der Waals surface area contributed by atoms with E-state index in [9.17, 15) is 4.79 Å². The Balaban J connectivity index is 2.23. The van der Waals surface area contributed by atoms with E-state index in [1.165, 1.54) is 6.92 Å². The highest BCUT2D eigenvalue weighted by Gasteiger charge is 2.28. The summed E-state index contributed by atoms with van der Waals surface area (Å²) in [6.07, 6.45) is 2.60. The standard InChI is InChI=1S/C16H22N4O3/c1-6-10(2)22-13-9-12(7-8-17-13)14-18-15(20-23-14)16(4,5)19-11(3)21/h7-10H,6H2,1-5H3,(H,19,21). The van der Waals surface area contributed by atoms with E-state index in [4.69, 9.17) is 9.26 Å². The van der Waals surface area contributed by atoms with Crippen LogP contribution < -0.4 is 10.1 Å². The van der Waals surface area contributed by atoms with Crippen molar-refractivity contribution < 1.29 is 14.1 Å². The van der Waals surface area contributed by atoms with Gasteiger partial charge in [0.2, 0.25) is 11.8 Å². The summed E-state index contributed by atoms with van der Waals surface area (Å²) in [7, 11) is 0. The highest BCUT2D eigenvalue weighted by atomic mass is 16.5. The highest BCUT2D eigenvalue weighted by molar-refractivity contribution is 5.73. The Labute approximate surface area is 135 Å². The Morgan fingerprint density at radius 3 is 2.87 bits per heavy atom. The second-order valence-corrected chi connectivity index (χ2v) is 5.95. The molecule has 1 amide bonds. The van der Waals surface area contributed by atoms with E-state index >= 15 is 0 Å². The average Bonchev–Trinajstić information content (AvgIpc) is 2.97. The summed E-state index contributed by atoms with van der Waals surface area (Å²) in [6.45, 7) is 9.10. The second kappa shape index (κ2) is 6.76. The number of pyridine rings is 1. The van der Waals surface area contributed by atoms with Crippen LogP contribution in [-0.4, -0.2) is 27.1 Å². The zero-order valence-corrected chi connectivity index (χ0v) is 14.1. The predicted octanol–water partition coefficient (Wildman–Crippen LogP) is 2.68. The molecule has 2 aromatic heterocycles. The van der Waals surface area contributed by atoms with Gasteiger partial charge < -0.3 is 14.6 Å². The Morgan fingerprint density at radius 1 is 1.48 bits per heavy atom. The van der Waals surface area contributed by atoms with Gasteiger partial charge in [-0.15, -0.1) is 0 Å². The molecule has 0 aliphatic rings. The molecule has 23 heavy (non-hydrogen) atoms. The molecule has 0 fully saturated rings. The predicted molar refractivity (Wildman–Crippen MR) is 84.8 cm³/mol. The van der Waals surface area contributed by atoms with Crippen LogP contribution in [0.2, 0.25) is 0 Å². The smallest absolute Gasteiger partial charge is 0.258 e. The first kappa shape index (κ1) is 16.9. The largest absolute Gasteiger partial charge is 0.475 e. The number of carbonyl (C=O) groups excluding carboxylic acids is 1. The fourth-order valence-electron chi connectivity index (χ4n) is 1.99. The minimum Gasteiger partial charge on any atom is -0.475 e. The highest BCUT2D eigenvalue weighted by Crippen LogP contribution is 2.24. The molecule has 7 nitrogen and oxygen atoms in total. The Bertz CT molecular complexity index is 681. The topological polar surface area (TPSA) is 90.1 Å². The molecule has 0 aromatic carbocycles. The van der Waals surface area contributed by atoms with Crippen molar-refractivity contribution >= 4 is 5.91 Å². The minimum atomic E-state index is -0.712. The summed E-state index contributed by atoms with van der Waals surface area (Å²) < 4.78 is 11.0. The van der Waals surface area contributed by atoms with E-state index in [1.54, 1.807) is 18.3 Å². The van der Waals surface area contributed by atoms with Crippen LogP contribution in [0.4, 0.5) is 0 Å². The maximum absolute atomic E-state index is 11.3. The van der Waals surface area contributed by atoms with E-state index in [2.05, 4.69) is 20.4 Å². The van der Waals surface area contributed by atoms with Gasteiger partial charge in [-0.25, -0.2) is 4.98 Å². The van der Waals surface area contributed by atoms with Crippen molar-refractivity contribution in [3.63, 3.8) is 0 Å². The zero-order chi connectivity index (χ0) is 17.0. The number of carbonyl (C=O) groups is 1. The molecule has 0 saturated carbocycles. The van der Waals surface area contributed by atoms with Gasteiger partial charge in [0.1, 0.15) is 0 Å². The van der Waals surface area contributed by atoms with Gasteiger partial charge in [0, 0.05) is 24.8 Å². The van der Waals surface area contributed by atoms with Crippen LogP contribution >= 0.6 is 0 Å². The van der Waals surface area contributed by atoms with Gasteiger partial charge in [0.15, 0.2) is 5.82 Å². The van der Waals surface area contributed by atoms with Crippen molar-refractivity contribution in [1.82, 2.24) is 20.4 Å². The first-order chi connectivity index (χ1) is 10.8.